The SMILES string of the molecule is CCOC(=O)c1cnn([C@H]2CC[C@H](C(=O)O)CC2)c1Cl. The second-order valence-corrected chi connectivity index (χ2v) is 5.22. The summed E-state index contributed by atoms with van der Waals surface area (Å²) in [6, 6.07) is 0.0428. The largest absolute Gasteiger partial charge is 0.481 e. The molecule has 0 saturated heterocycles. The normalized spacial score (nSPS) is 22.5. The number of carboxylic acid groups (broad SMARTS) is 1. The lowest BCUT2D eigenvalue weighted by Crippen LogP contribution is -2.24. The number of nitrogens with zero attached hydrogens (tertiary/aromatic N) is 2. The van der Waals surface area contributed by atoms with Crippen LogP contribution in [0.4, 0.5) is 0 Å². The van der Waals surface area contributed by atoms with E-state index in [9.17, 15) is 9.59 Å². The fourth-order valence-corrected chi connectivity index (χ4v) is 2.82. The topological polar surface area (TPSA) is 81.4 Å². The maximum atomic E-state index is 11.7. The number of carboxylic acids is 1. The van der Waals surface area contributed by atoms with E-state index in [2.05, 4.69) is 5.10 Å². The lowest BCUT2D eigenvalue weighted by Gasteiger charge is -2.26. The van der Waals surface area contributed by atoms with Gasteiger partial charge in [-0.05, 0) is 32.6 Å². The van der Waals surface area contributed by atoms with Gasteiger partial charge in [0.25, 0.3) is 0 Å². The van der Waals surface area contributed by atoms with Crippen molar-refractivity contribution in [1.82, 2.24) is 9.78 Å². The van der Waals surface area contributed by atoms with Crippen LogP contribution in [0.1, 0.15) is 49.0 Å². The van der Waals surface area contributed by atoms with Crippen molar-refractivity contribution in [3.63, 3.8) is 0 Å². The molecular weight excluding hydrogens is 284 g/mol. The first kappa shape index (κ1) is 14.8. The molecule has 1 aliphatic carbocycles. The van der Waals surface area contributed by atoms with Crippen LogP contribution >= 0.6 is 11.6 Å². The number of aliphatic carboxylic acids is 1. The number of carbonyl (C=O) groups excluding carboxylic acids is 1. The molecule has 6 nitrogen and oxygen atoms in total. The zero-order chi connectivity index (χ0) is 14.7. The predicted molar refractivity (Wildman–Crippen MR) is 71.8 cm³/mol. The quantitative estimate of drug-likeness (QED) is 0.864. The monoisotopic (exact) mass is 300 g/mol. The van der Waals surface area contributed by atoms with Gasteiger partial charge in [-0.25, -0.2) is 4.79 Å². The van der Waals surface area contributed by atoms with E-state index in [0.29, 0.717) is 25.7 Å². The Morgan fingerprint density at radius 2 is 2.10 bits per heavy atom. The van der Waals surface area contributed by atoms with Gasteiger partial charge in [-0.1, -0.05) is 11.6 Å². The molecule has 0 radical (unpaired) electrons. The highest BCUT2D eigenvalue weighted by molar-refractivity contribution is 6.32. The van der Waals surface area contributed by atoms with Crippen LogP contribution in [-0.2, 0) is 9.53 Å². The van der Waals surface area contributed by atoms with Gasteiger partial charge in [-0.3, -0.25) is 9.48 Å². The first-order valence-electron chi connectivity index (χ1n) is 6.67. The van der Waals surface area contributed by atoms with Gasteiger partial charge < -0.3 is 9.84 Å². The molecule has 0 amide bonds. The first-order valence-corrected chi connectivity index (χ1v) is 7.05. The molecule has 2 rings (SSSR count). The number of hydrogen-bond donors (Lipinski definition) is 1. The molecule has 1 N–H and O–H groups in total. The van der Waals surface area contributed by atoms with E-state index in [1.165, 1.54) is 6.20 Å². The number of hydrogen-bond acceptors (Lipinski definition) is 4. The van der Waals surface area contributed by atoms with Crippen molar-refractivity contribution in [3.05, 3.63) is 16.9 Å². The Morgan fingerprint density at radius 3 is 2.65 bits per heavy atom. The third-order valence-electron chi connectivity index (χ3n) is 3.62. The van der Waals surface area contributed by atoms with Crippen LogP contribution in [0.3, 0.4) is 0 Å². The number of carbonyl (C=O) groups is 2. The molecule has 7 heteroatoms. The summed E-state index contributed by atoms with van der Waals surface area (Å²) in [6.45, 7) is 2.01. The summed E-state index contributed by atoms with van der Waals surface area (Å²) in [5.74, 6) is -1.52. The van der Waals surface area contributed by atoms with Crippen LogP contribution in [0, 0.1) is 5.92 Å². The smallest absolute Gasteiger partial charge is 0.342 e. The lowest BCUT2D eigenvalue weighted by molar-refractivity contribution is -0.143. The van der Waals surface area contributed by atoms with Crippen molar-refractivity contribution in [3.8, 4) is 0 Å². The third kappa shape index (κ3) is 2.95. The molecule has 20 heavy (non-hydrogen) atoms. The first-order chi connectivity index (χ1) is 9.54. The Labute approximate surface area is 121 Å². The van der Waals surface area contributed by atoms with Gasteiger partial charge in [0.15, 0.2) is 0 Å². The molecule has 110 valence electrons. The van der Waals surface area contributed by atoms with Crippen molar-refractivity contribution in [2.24, 2.45) is 5.92 Å². The molecule has 1 heterocycles. The van der Waals surface area contributed by atoms with Crippen molar-refractivity contribution >= 4 is 23.5 Å². The highest BCUT2D eigenvalue weighted by Gasteiger charge is 2.29. The van der Waals surface area contributed by atoms with Gasteiger partial charge in [-0.15, -0.1) is 0 Å². The number of ether oxygens (including phenoxy) is 1. The molecule has 1 saturated carbocycles. The highest BCUT2D eigenvalue weighted by atomic mass is 35.5. The van der Waals surface area contributed by atoms with Crippen LogP contribution in [0.15, 0.2) is 6.20 Å². The molecule has 0 aromatic carbocycles. The standard InChI is InChI=1S/C13H17ClN2O4/c1-2-20-13(19)10-7-15-16(11(10)14)9-5-3-8(4-6-9)12(17)18/h7-9H,2-6H2,1H3,(H,17,18)/t8-,9-. The minimum Gasteiger partial charge on any atom is -0.481 e. The van der Waals surface area contributed by atoms with Gasteiger partial charge in [0.2, 0.25) is 0 Å². The number of rotatable bonds is 4. The van der Waals surface area contributed by atoms with Gasteiger partial charge in [0.05, 0.1) is 24.8 Å². The van der Waals surface area contributed by atoms with Crippen molar-refractivity contribution in [2.45, 2.75) is 38.6 Å². The Bertz CT molecular complexity index is 506. The van der Waals surface area contributed by atoms with Crippen LogP contribution in [-0.4, -0.2) is 33.4 Å². The Hall–Kier alpha value is -1.56. The van der Waals surface area contributed by atoms with Crippen LogP contribution < -0.4 is 0 Å². The molecule has 0 bridgehead atoms. The second-order valence-electron chi connectivity index (χ2n) is 4.86. The molecule has 1 fully saturated rings. The summed E-state index contributed by atoms with van der Waals surface area (Å²) in [5, 5.41) is 13.4. The minimum atomic E-state index is -0.748. The molecule has 0 spiro atoms. The Balaban J connectivity index is 2.08. The van der Waals surface area contributed by atoms with Crippen molar-refractivity contribution in [1.29, 1.82) is 0 Å². The summed E-state index contributed by atoms with van der Waals surface area (Å²) in [5.41, 5.74) is 0.258. The maximum Gasteiger partial charge on any atom is 0.342 e. The highest BCUT2D eigenvalue weighted by Crippen LogP contribution is 2.34. The van der Waals surface area contributed by atoms with E-state index >= 15 is 0 Å². The molecule has 1 aromatic rings. The van der Waals surface area contributed by atoms with E-state index in [-0.39, 0.29) is 29.3 Å². The van der Waals surface area contributed by atoms with Gasteiger partial charge in [0, 0.05) is 0 Å². The number of aromatic nitrogens is 2. The molecule has 0 unspecified atom stereocenters. The third-order valence-corrected chi connectivity index (χ3v) is 4.00. The fraction of sp³-hybridized carbons (Fsp3) is 0.615. The Kier molecular flexibility index (Phi) is 4.65. The van der Waals surface area contributed by atoms with E-state index < -0.39 is 11.9 Å². The van der Waals surface area contributed by atoms with E-state index in [0.717, 1.165) is 0 Å². The van der Waals surface area contributed by atoms with Gasteiger partial charge >= 0.3 is 11.9 Å². The van der Waals surface area contributed by atoms with E-state index in [1.54, 1.807) is 11.6 Å². The molecular formula is C13H17ClN2O4. The van der Waals surface area contributed by atoms with Crippen LogP contribution in [0.5, 0.6) is 0 Å². The fourth-order valence-electron chi connectivity index (χ4n) is 2.51. The Morgan fingerprint density at radius 1 is 1.45 bits per heavy atom. The average molecular weight is 301 g/mol. The van der Waals surface area contributed by atoms with Crippen molar-refractivity contribution < 1.29 is 19.4 Å². The summed E-state index contributed by atoms with van der Waals surface area (Å²) in [4.78, 5) is 22.6. The maximum absolute atomic E-state index is 11.7. The zero-order valence-corrected chi connectivity index (χ0v) is 12.0. The molecule has 0 atom stereocenters. The summed E-state index contributed by atoms with van der Waals surface area (Å²) >= 11 is 6.17. The average Bonchev–Trinajstić information content (AvgIpc) is 2.81. The van der Waals surface area contributed by atoms with Crippen LogP contribution in [0.25, 0.3) is 0 Å². The molecule has 1 aromatic heterocycles. The number of esters is 1. The number of halogens is 1. The van der Waals surface area contributed by atoms with Gasteiger partial charge in [0.1, 0.15) is 10.7 Å². The van der Waals surface area contributed by atoms with E-state index in [4.69, 9.17) is 21.4 Å². The zero-order valence-electron chi connectivity index (χ0n) is 11.2. The predicted octanol–water partition coefficient (Wildman–Crippen LogP) is 2.53. The molecule has 1 aliphatic rings. The summed E-state index contributed by atoms with van der Waals surface area (Å²) < 4.78 is 6.51. The summed E-state index contributed by atoms with van der Waals surface area (Å²) in [7, 11) is 0. The molecule has 0 aliphatic heterocycles. The minimum absolute atomic E-state index is 0.0428. The lowest BCUT2D eigenvalue weighted by atomic mass is 9.86. The van der Waals surface area contributed by atoms with Crippen LogP contribution in [0.2, 0.25) is 5.15 Å². The second kappa shape index (κ2) is 6.26. The summed E-state index contributed by atoms with van der Waals surface area (Å²) in [6.07, 6.45) is 4.00. The van der Waals surface area contributed by atoms with E-state index in [1.807, 2.05) is 0 Å². The van der Waals surface area contributed by atoms with Crippen molar-refractivity contribution in [2.75, 3.05) is 6.61 Å². The van der Waals surface area contributed by atoms with Gasteiger partial charge in [-0.2, -0.15) is 5.10 Å².